The summed E-state index contributed by atoms with van der Waals surface area (Å²) in [6.45, 7) is 3.63. The van der Waals surface area contributed by atoms with E-state index in [1.165, 1.54) is 0 Å². The zero-order valence-electron chi connectivity index (χ0n) is 17.9. The SMILES string of the molecule is CC1(C)CC(=O)C2=C(C1)N(c1ccccc1)C(=O)[C@]2(Nc1nc2ccccc2s1)C(F)(F)F. The summed E-state index contributed by atoms with van der Waals surface area (Å²) in [5.74, 6) is -1.92. The molecule has 2 aromatic carbocycles. The van der Waals surface area contributed by atoms with Gasteiger partial charge in [0.15, 0.2) is 10.9 Å². The number of benzene rings is 2. The van der Waals surface area contributed by atoms with E-state index in [1.807, 2.05) is 13.8 Å². The number of ketones is 1. The number of hydrogen-bond acceptors (Lipinski definition) is 5. The van der Waals surface area contributed by atoms with Gasteiger partial charge in [-0.15, -0.1) is 0 Å². The molecule has 1 aromatic heterocycles. The van der Waals surface area contributed by atoms with Gasteiger partial charge in [-0.05, 0) is 36.1 Å². The third-order valence-electron chi connectivity index (χ3n) is 6.05. The Hall–Kier alpha value is -3.20. The Bertz CT molecular complexity index is 1280. The first-order valence-corrected chi connectivity index (χ1v) is 11.2. The number of carbonyl (C=O) groups excluding carboxylic acids is 2. The van der Waals surface area contributed by atoms with Gasteiger partial charge in [0.05, 0.1) is 15.8 Å². The number of para-hydroxylation sites is 2. The van der Waals surface area contributed by atoms with Crippen molar-refractivity contribution in [2.75, 3.05) is 10.2 Å². The predicted octanol–water partition coefficient (Wildman–Crippen LogP) is 5.70. The molecule has 1 atom stereocenters. The summed E-state index contributed by atoms with van der Waals surface area (Å²) in [6.07, 6.45) is -5.00. The fourth-order valence-corrected chi connectivity index (χ4v) is 5.61. The monoisotopic (exact) mass is 471 g/mol. The van der Waals surface area contributed by atoms with E-state index in [9.17, 15) is 22.8 Å². The van der Waals surface area contributed by atoms with Crippen LogP contribution >= 0.6 is 11.3 Å². The Morgan fingerprint density at radius 2 is 1.67 bits per heavy atom. The van der Waals surface area contributed by atoms with Gasteiger partial charge in [-0.2, -0.15) is 13.2 Å². The molecule has 1 amide bonds. The van der Waals surface area contributed by atoms with Gasteiger partial charge in [0.25, 0.3) is 5.91 Å². The van der Waals surface area contributed by atoms with E-state index in [-0.39, 0.29) is 29.4 Å². The number of allylic oxidation sites excluding steroid dienone is 1. The Morgan fingerprint density at radius 3 is 2.33 bits per heavy atom. The Morgan fingerprint density at radius 1 is 1.00 bits per heavy atom. The van der Waals surface area contributed by atoms with Crippen LogP contribution in [0.3, 0.4) is 0 Å². The molecular weight excluding hydrogens is 451 g/mol. The van der Waals surface area contributed by atoms with Crippen molar-refractivity contribution >= 4 is 44.1 Å². The summed E-state index contributed by atoms with van der Waals surface area (Å²) >= 11 is 1.01. The maximum atomic E-state index is 14.9. The molecule has 3 aromatic rings. The number of carbonyl (C=O) groups is 2. The molecular formula is C24H20F3N3O2S. The standard InChI is InChI=1S/C24H20F3N3O2S/c1-22(2)12-16-19(17(31)13-22)23(24(25,26)27,20(32)30(16)14-8-4-3-5-9-14)29-21-28-15-10-6-7-11-18(15)33-21/h3-11H,12-13H2,1-2H3,(H,28,29)/t23-/m0/s1. The quantitative estimate of drug-likeness (QED) is 0.532. The predicted molar refractivity (Wildman–Crippen MR) is 121 cm³/mol. The van der Waals surface area contributed by atoms with Crippen molar-refractivity contribution < 1.29 is 22.8 Å². The molecule has 0 fully saturated rings. The van der Waals surface area contributed by atoms with Crippen LogP contribution in [0.5, 0.6) is 0 Å². The van der Waals surface area contributed by atoms with Gasteiger partial charge in [0.2, 0.25) is 5.54 Å². The lowest BCUT2D eigenvalue weighted by atomic mass is 9.72. The topological polar surface area (TPSA) is 62.3 Å². The Labute approximate surface area is 191 Å². The van der Waals surface area contributed by atoms with Crippen molar-refractivity contribution in [3.05, 3.63) is 65.9 Å². The molecule has 0 spiro atoms. The number of nitrogens with one attached hydrogen (secondary N) is 1. The second kappa shape index (κ2) is 7.15. The smallest absolute Gasteiger partial charge is 0.336 e. The number of rotatable bonds is 3. The third-order valence-corrected chi connectivity index (χ3v) is 7.00. The highest BCUT2D eigenvalue weighted by molar-refractivity contribution is 7.22. The average Bonchev–Trinajstić information content (AvgIpc) is 3.24. The van der Waals surface area contributed by atoms with Crippen molar-refractivity contribution in [2.24, 2.45) is 5.41 Å². The van der Waals surface area contributed by atoms with Gasteiger partial charge in [0, 0.05) is 17.8 Å². The highest BCUT2D eigenvalue weighted by Gasteiger charge is 2.71. The molecule has 0 bridgehead atoms. The molecule has 5 nitrogen and oxygen atoms in total. The highest BCUT2D eigenvalue weighted by atomic mass is 32.1. The molecule has 9 heteroatoms. The molecule has 0 saturated carbocycles. The van der Waals surface area contributed by atoms with Crippen LogP contribution in [0.4, 0.5) is 24.0 Å². The normalized spacial score (nSPS) is 22.8. The van der Waals surface area contributed by atoms with Gasteiger partial charge in [-0.3, -0.25) is 14.5 Å². The van der Waals surface area contributed by atoms with Crippen LogP contribution < -0.4 is 10.2 Å². The number of anilines is 2. The maximum Gasteiger partial charge on any atom is 0.425 e. The maximum absolute atomic E-state index is 14.9. The van der Waals surface area contributed by atoms with E-state index in [4.69, 9.17) is 0 Å². The minimum Gasteiger partial charge on any atom is -0.336 e. The molecule has 5 rings (SSSR count). The van der Waals surface area contributed by atoms with Crippen LogP contribution in [0, 0.1) is 5.41 Å². The van der Waals surface area contributed by atoms with E-state index in [0.717, 1.165) is 16.2 Å². The molecule has 2 aliphatic rings. The summed E-state index contributed by atoms with van der Waals surface area (Å²) in [6, 6.07) is 15.1. The van der Waals surface area contributed by atoms with Gasteiger partial charge in [-0.25, -0.2) is 4.98 Å². The van der Waals surface area contributed by atoms with Gasteiger partial charge < -0.3 is 5.32 Å². The largest absolute Gasteiger partial charge is 0.425 e. The summed E-state index contributed by atoms with van der Waals surface area (Å²) in [4.78, 5) is 32.3. The first-order valence-electron chi connectivity index (χ1n) is 10.4. The Balaban J connectivity index is 1.75. The molecule has 1 aliphatic carbocycles. The zero-order chi connectivity index (χ0) is 23.6. The first kappa shape index (κ1) is 21.6. The number of fused-ring (bicyclic) bond motifs is 1. The van der Waals surface area contributed by atoms with Crippen molar-refractivity contribution in [3.63, 3.8) is 0 Å². The highest BCUT2D eigenvalue weighted by Crippen LogP contribution is 2.54. The van der Waals surface area contributed by atoms with E-state index >= 15 is 0 Å². The average molecular weight is 472 g/mol. The number of nitrogens with zero attached hydrogens (tertiary/aromatic N) is 2. The lowest BCUT2D eigenvalue weighted by molar-refractivity contribution is -0.175. The van der Waals surface area contributed by atoms with Crippen LogP contribution in [0.1, 0.15) is 26.7 Å². The third kappa shape index (κ3) is 3.25. The number of amides is 1. The van der Waals surface area contributed by atoms with Crippen LogP contribution in [0.15, 0.2) is 65.9 Å². The van der Waals surface area contributed by atoms with Crippen molar-refractivity contribution in [1.82, 2.24) is 4.98 Å². The number of halogens is 3. The van der Waals surface area contributed by atoms with Gasteiger partial charge >= 0.3 is 6.18 Å². The van der Waals surface area contributed by atoms with E-state index in [0.29, 0.717) is 10.2 Å². The van der Waals surface area contributed by atoms with Crippen LogP contribution in [-0.4, -0.2) is 28.4 Å². The molecule has 2 heterocycles. The second-order valence-electron chi connectivity index (χ2n) is 9.10. The van der Waals surface area contributed by atoms with Crippen LogP contribution in [0.25, 0.3) is 10.2 Å². The summed E-state index contributed by atoms with van der Waals surface area (Å²) in [7, 11) is 0. The molecule has 170 valence electrons. The first-order chi connectivity index (χ1) is 15.5. The summed E-state index contributed by atoms with van der Waals surface area (Å²) in [5.41, 5.74) is -3.42. The Kier molecular flexibility index (Phi) is 4.69. The lowest BCUT2D eigenvalue weighted by Crippen LogP contribution is -2.61. The van der Waals surface area contributed by atoms with Crippen molar-refractivity contribution in [2.45, 2.75) is 38.4 Å². The second-order valence-corrected chi connectivity index (χ2v) is 10.1. The lowest BCUT2D eigenvalue weighted by Gasteiger charge is -2.35. The number of hydrogen-bond donors (Lipinski definition) is 1. The molecule has 33 heavy (non-hydrogen) atoms. The number of alkyl halides is 3. The number of Topliss-reactive ketones (excluding diaryl/α,β-unsaturated/α-hetero) is 1. The number of thiazole rings is 1. The zero-order valence-corrected chi connectivity index (χ0v) is 18.7. The van der Waals surface area contributed by atoms with E-state index < -0.39 is 34.4 Å². The molecule has 1 N–H and O–H groups in total. The van der Waals surface area contributed by atoms with Crippen LogP contribution in [-0.2, 0) is 9.59 Å². The van der Waals surface area contributed by atoms with Gasteiger partial charge in [-0.1, -0.05) is 55.5 Å². The minimum atomic E-state index is -5.08. The molecule has 0 radical (unpaired) electrons. The fourth-order valence-electron chi connectivity index (χ4n) is 4.69. The molecule has 1 aliphatic heterocycles. The van der Waals surface area contributed by atoms with E-state index in [2.05, 4.69) is 10.3 Å². The van der Waals surface area contributed by atoms with Gasteiger partial charge in [0.1, 0.15) is 0 Å². The van der Waals surface area contributed by atoms with E-state index in [1.54, 1.807) is 54.6 Å². The molecule has 0 saturated heterocycles. The van der Waals surface area contributed by atoms with Crippen molar-refractivity contribution in [3.8, 4) is 0 Å². The summed E-state index contributed by atoms with van der Waals surface area (Å²) < 4.78 is 45.4. The van der Waals surface area contributed by atoms with Crippen molar-refractivity contribution in [1.29, 1.82) is 0 Å². The summed E-state index contributed by atoms with van der Waals surface area (Å²) in [5, 5.41) is 2.33. The number of aromatic nitrogens is 1. The molecule has 0 unspecified atom stereocenters. The minimum absolute atomic E-state index is 0.0683. The van der Waals surface area contributed by atoms with Crippen LogP contribution in [0.2, 0.25) is 0 Å². The fraction of sp³-hybridized carbons (Fsp3) is 0.292.